The summed E-state index contributed by atoms with van der Waals surface area (Å²) in [6.07, 6.45) is 0. The van der Waals surface area contributed by atoms with Gasteiger partial charge in [0.15, 0.2) is 0 Å². The summed E-state index contributed by atoms with van der Waals surface area (Å²) in [6, 6.07) is 2.38. The van der Waals surface area contributed by atoms with Crippen molar-refractivity contribution >= 4 is 34.5 Å². The van der Waals surface area contributed by atoms with E-state index >= 15 is 0 Å². The van der Waals surface area contributed by atoms with E-state index in [1.165, 1.54) is 11.3 Å². The lowest BCUT2D eigenvalue weighted by Crippen LogP contribution is -2.21. The van der Waals surface area contributed by atoms with Gasteiger partial charge in [-0.25, -0.2) is 0 Å². The van der Waals surface area contributed by atoms with Crippen LogP contribution in [0.5, 0.6) is 0 Å². The van der Waals surface area contributed by atoms with Crippen LogP contribution in [0.2, 0.25) is 8.67 Å². The molecule has 0 aliphatic rings. The molecule has 0 bridgehead atoms. The van der Waals surface area contributed by atoms with E-state index in [1.807, 2.05) is 6.07 Å². The molecule has 0 spiro atoms. The molecule has 1 N–H and O–H groups in total. The first-order valence-corrected chi connectivity index (χ1v) is 5.34. The van der Waals surface area contributed by atoms with Crippen LogP contribution >= 0.6 is 34.5 Å². The molecular weight excluding hydrogens is 213 g/mol. The van der Waals surface area contributed by atoms with Gasteiger partial charge in [0.2, 0.25) is 0 Å². The first-order chi connectivity index (χ1) is 5.59. The number of hydrogen-bond acceptors (Lipinski definition) is 2. The third-order valence-electron chi connectivity index (χ3n) is 1.43. The van der Waals surface area contributed by atoms with E-state index in [-0.39, 0.29) is 0 Å². The minimum atomic E-state index is 0.472. The zero-order valence-electron chi connectivity index (χ0n) is 7.03. The monoisotopic (exact) mass is 223 g/mol. The van der Waals surface area contributed by atoms with Crippen molar-refractivity contribution in [2.75, 3.05) is 0 Å². The van der Waals surface area contributed by atoms with Gasteiger partial charge in [-0.05, 0) is 11.6 Å². The summed E-state index contributed by atoms with van der Waals surface area (Å²) in [5.74, 6) is 0. The molecule has 0 radical (unpaired) electrons. The van der Waals surface area contributed by atoms with Gasteiger partial charge in [0.1, 0.15) is 0 Å². The standard InChI is InChI=1S/C8H11Cl2NS/c1-5(2)11-4-6-3-7(9)12-8(6)10/h3,5,11H,4H2,1-2H3. The topological polar surface area (TPSA) is 12.0 Å². The second-order valence-corrected chi connectivity index (χ2v) is 5.17. The fraction of sp³-hybridized carbons (Fsp3) is 0.500. The first-order valence-electron chi connectivity index (χ1n) is 3.76. The van der Waals surface area contributed by atoms with Crippen LogP contribution in [0, 0.1) is 0 Å². The van der Waals surface area contributed by atoms with E-state index in [0.717, 1.165) is 20.8 Å². The Kier molecular flexibility index (Phi) is 3.84. The summed E-state index contributed by atoms with van der Waals surface area (Å²) in [5.41, 5.74) is 1.08. The molecule has 0 saturated heterocycles. The maximum Gasteiger partial charge on any atom is 0.0989 e. The highest BCUT2D eigenvalue weighted by Gasteiger charge is 2.05. The molecule has 4 heteroatoms. The Labute approximate surface area is 86.7 Å². The number of nitrogens with one attached hydrogen (secondary N) is 1. The van der Waals surface area contributed by atoms with Crippen LogP contribution in [0.3, 0.4) is 0 Å². The number of rotatable bonds is 3. The van der Waals surface area contributed by atoms with E-state index in [0.29, 0.717) is 6.04 Å². The van der Waals surface area contributed by atoms with E-state index < -0.39 is 0 Å². The Morgan fingerprint density at radius 1 is 1.50 bits per heavy atom. The van der Waals surface area contributed by atoms with Crippen LogP contribution in [0.4, 0.5) is 0 Å². The normalized spacial score (nSPS) is 11.1. The van der Waals surface area contributed by atoms with E-state index in [2.05, 4.69) is 19.2 Å². The highest BCUT2D eigenvalue weighted by atomic mass is 35.5. The highest BCUT2D eigenvalue weighted by Crippen LogP contribution is 2.30. The lowest BCUT2D eigenvalue weighted by molar-refractivity contribution is 0.590. The van der Waals surface area contributed by atoms with E-state index in [4.69, 9.17) is 23.2 Å². The molecule has 1 heterocycles. The zero-order valence-corrected chi connectivity index (χ0v) is 9.35. The quantitative estimate of drug-likeness (QED) is 0.827. The Bertz CT molecular complexity index is 258. The number of halogens is 2. The van der Waals surface area contributed by atoms with Gasteiger partial charge in [-0.3, -0.25) is 0 Å². The van der Waals surface area contributed by atoms with Crippen molar-refractivity contribution < 1.29 is 0 Å². The van der Waals surface area contributed by atoms with Gasteiger partial charge in [-0.2, -0.15) is 0 Å². The van der Waals surface area contributed by atoms with Gasteiger partial charge >= 0.3 is 0 Å². The summed E-state index contributed by atoms with van der Waals surface area (Å²) in [6.45, 7) is 4.99. The molecule has 0 aromatic carbocycles. The molecule has 12 heavy (non-hydrogen) atoms. The van der Waals surface area contributed by atoms with Crippen molar-refractivity contribution in [3.63, 3.8) is 0 Å². The minimum absolute atomic E-state index is 0.472. The second kappa shape index (κ2) is 4.47. The van der Waals surface area contributed by atoms with Crippen LogP contribution in [-0.2, 0) is 6.54 Å². The SMILES string of the molecule is CC(C)NCc1cc(Cl)sc1Cl. The van der Waals surface area contributed by atoms with Gasteiger partial charge < -0.3 is 5.32 Å². The summed E-state index contributed by atoms with van der Waals surface area (Å²) in [7, 11) is 0. The highest BCUT2D eigenvalue weighted by molar-refractivity contribution is 7.20. The van der Waals surface area contributed by atoms with Crippen molar-refractivity contribution in [2.45, 2.75) is 26.4 Å². The van der Waals surface area contributed by atoms with Crippen molar-refractivity contribution in [3.05, 3.63) is 20.3 Å². The molecule has 0 unspecified atom stereocenters. The Hall–Kier alpha value is 0.240. The molecule has 1 aromatic heterocycles. The van der Waals surface area contributed by atoms with Crippen molar-refractivity contribution in [3.8, 4) is 0 Å². The number of thiophene rings is 1. The van der Waals surface area contributed by atoms with Crippen LogP contribution in [0.15, 0.2) is 6.07 Å². The van der Waals surface area contributed by atoms with Crippen LogP contribution in [0.1, 0.15) is 19.4 Å². The smallest absolute Gasteiger partial charge is 0.0989 e. The summed E-state index contributed by atoms with van der Waals surface area (Å²) in [4.78, 5) is 0. The maximum absolute atomic E-state index is 5.92. The molecule has 0 saturated carbocycles. The molecule has 68 valence electrons. The van der Waals surface area contributed by atoms with Gasteiger partial charge in [-0.1, -0.05) is 37.0 Å². The second-order valence-electron chi connectivity index (χ2n) is 2.89. The predicted molar refractivity (Wildman–Crippen MR) is 56.3 cm³/mol. The van der Waals surface area contributed by atoms with Crippen LogP contribution < -0.4 is 5.32 Å². The average Bonchev–Trinajstić information content (AvgIpc) is 2.26. The zero-order chi connectivity index (χ0) is 9.14. The molecular formula is C8H11Cl2NS. The third kappa shape index (κ3) is 2.94. The first kappa shape index (κ1) is 10.3. The molecule has 0 fully saturated rings. The maximum atomic E-state index is 5.92. The molecule has 0 aliphatic heterocycles. The van der Waals surface area contributed by atoms with Gasteiger partial charge in [0.05, 0.1) is 8.67 Å². The lowest BCUT2D eigenvalue weighted by Gasteiger charge is -2.05. The average molecular weight is 224 g/mol. The van der Waals surface area contributed by atoms with E-state index in [1.54, 1.807) is 0 Å². The van der Waals surface area contributed by atoms with Crippen molar-refractivity contribution in [2.24, 2.45) is 0 Å². The molecule has 0 atom stereocenters. The minimum Gasteiger partial charge on any atom is -0.310 e. The van der Waals surface area contributed by atoms with Gasteiger partial charge in [-0.15, -0.1) is 11.3 Å². The van der Waals surface area contributed by atoms with Crippen LogP contribution in [0.25, 0.3) is 0 Å². The van der Waals surface area contributed by atoms with Gasteiger partial charge in [0.25, 0.3) is 0 Å². The summed E-state index contributed by atoms with van der Waals surface area (Å²) >= 11 is 13.1. The fourth-order valence-electron chi connectivity index (χ4n) is 0.809. The van der Waals surface area contributed by atoms with Crippen molar-refractivity contribution in [1.82, 2.24) is 5.32 Å². The third-order valence-corrected chi connectivity index (χ3v) is 3.00. The molecule has 0 amide bonds. The fourth-order valence-corrected chi connectivity index (χ4v) is 2.30. The van der Waals surface area contributed by atoms with E-state index in [9.17, 15) is 0 Å². The molecule has 1 aromatic rings. The largest absolute Gasteiger partial charge is 0.310 e. The molecule has 1 rings (SSSR count). The number of hydrogen-bond donors (Lipinski definition) is 1. The summed E-state index contributed by atoms with van der Waals surface area (Å²) in [5, 5.41) is 3.28. The lowest BCUT2D eigenvalue weighted by atomic mass is 10.3. The Balaban J connectivity index is 2.57. The van der Waals surface area contributed by atoms with Gasteiger partial charge in [0, 0.05) is 12.6 Å². The molecule has 1 nitrogen and oxygen atoms in total. The van der Waals surface area contributed by atoms with Crippen LogP contribution in [-0.4, -0.2) is 6.04 Å². The molecule has 0 aliphatic carbocycles. The summed E-state index contributed by atoms with van der Waals surface area (Å²) < 4.78 is 1.54. The Morgan fingerprint density at radius 3 is 2.58 bits per heavy atom. The van der Waals surface area contributed by atoms with Crippen molar-refractivity contribution in [1.29, 1.82) is 0 Å². The predicted octanol–water partition coefficient (Wildman–Crippen LogP) is 3.55. The Morgan fingerprint density at radius 2 is 2.17 bits per heavy atom.